The van der Waals surface area contributed by atoms with E-state index in [9.17, 15) is 4.79 Å². The Labute approximate surface area is 128 Å². The number of methoxy groups -OCH3 is 1. The monoisotopic (exact) mass is 293 g/mol. The Bertz CT molecular complexity index is 800. The Morgan fingerprint density at radius 3 is 2.55 bits per heavy atom. The fourth-order valence-electron chi connectivity index (χ4n) is 2.21. The molecule has 1 aromatic heterocycles. The maximum Gasteiger partial charge on any atom is 0.356 e. The quantitative estimate of drug-likeness (QED) is 0.690. The molecule has 4 nitrogen and oxygen atoms in total. The van der Waals surface area contributed by atoms with Gasteiger partial charge in [0.05, 0.1) is 12.6 Å². The Balaban J connectivity index is 1.97. The van der Waals surface area contributed by atoms with Crippen molar-refractivity contribution in [3.05, 3.63) is 71.9 Å². The molecular weight excluding hydrogens is 278 g/mol. The number of carbonyl (C=O) groups is 1. The molecule has 110 valence electrons. The second kappa shape index (κ2) is 6.26. The number of carbonyl (C=O) groups excluding carboxylic acids is 1. The molecule has 0 atom stereocenters. The zero-order chi connectivity index (χ0) is 15.4. The van der Waals surface area contributed by atoms with E-state index >= 15 is 0 Å². The van der Waals surface area contributed by atoms with Gasteiger partial charge in [-0.1, -0.05) is 42.5 Å². The number of hydrogen-bond donors (Lipinski definition) is 0. The third kappa shape index (κ3) is 2.91. The molecule has 22 heavy (non-hydrogen) atoms. The number of aromatic nitrogens is 1. The van der Waals surface area contributed by atoms with E-state index in [1.165, 1.54) is 7.11 Å². The van der Waals surface area contributed by atoms with Crippen LogP contribution in [-0.2, 0) is 11.3 Å². The number of nitrogens with zero attached hydrogens (tertiary/aromatic N) is 1. The van der Waals surface area contributed by atoms with Crippen LogP contribution >= 0.6 is 0 Å². The lowest BCUT2D eigenvalue weighted by molar-refractivity contribution is 0.0594. The molecule has 0 aliphatic carbocycles. The molecule has 0 spiro atoms. The number of pyridine rings is 1. The van der Waals surface area contributed by atoms with Gasteiger partial charge in [-0.2, -0.15) is 0 Å². The number of benzene rings is 2. The van der Waals surface area contributed by atoms with Gasteiger partial charge in [0, 0.05) is 11.5 Å². The van der Waals surface area contributed by atoms with E-state index in [1.807, 2.05) is 54.6 Å². The second-order valence-corrected chi connectivity index (χ2v) is 4.79. The molecule has 3 rings (SSSR count). The molecule has 0 bridgehead atoms. The van der Waals surface area contributed by atoms with E-state index in [0.717, 1.165) is 10.9 Å². The van der Waals surface area contributed by atoms with Crippen molar-refractivity contribution in [2.45, 2.75) is 6.61 Å². The SMILES string of the molecule is COC(=O)c1cc(OCc2ccccc2)c2ccccc2n1. The van der Waals surface area contributed by atoms with Crippen molar-refractivity contribution >= 4 is 16.9 Å². The van der Waals surface area contributed by atoms with Gasteiger partial charge in [0.25, 0.3) is 0 Å². The summed E-state index contributed by atoms with van der Waals surface area (Å²) in [6.45, 7) is 0.426. The van der Waals surface area contributed by atoms with Crippen molar-refractivity contribution in [2.75, 3.05) is 7.11 Å². The maximum atomic E-state index is 11.7. The molecule has 4 heteroatoms. The Morgan fingerprint density at radius 2 is 1.77 bits per heavy atom. The number of fused-ring (bicyclic) bond motifs is 1. The number of para-hydroxylation sites is 1. The molecule has 0 aliphatic rings. The first-order valence-electron chi connectivity index (χ1n) is 6.93. The van der Waals surface area contributed by atoms with E-state index in [2.05, 4.69) is 4.98 Å². The summed E-state index contributed by atoms with van der Waals surface area (Å²) in [5, 5.41) is 0.867. The average molecular weight is 293 g/mol. The van der Waals surface area contributed by atoms with E-state index in [-0.39, 0.29) is 5.69 Å². The Kier molecular flexibility index (Phi) is 4.01. The van der Waals surface area contributed by atoms with Crippen LogP contribution in [0.5, 0.6) is 5.75 Å². The lowest BCUT2D eigenvalue weighted by Gasteiger charge is -2.11. The van der Waals surface area contributed by atoms with Crippen LogP contribution in [0.15, 0.2) is 60.7 Å². The van der Waals surface area contributed by atoms with Crippen molar-refractivity contribution in [3.63, 3.8) is 0 Å². The van der Waals surface area contributed by atoms with Crippen molar-refractivity contribution in [1.82, 2.24) is 4.98 Å². The maximum absolute atomic E-state index is 11.7. The minimum absolute atomic E-state index is 0.240. The number of ether oxygens (including phenoxy) is 2. The summed E-state index contributed by atoms with van der Waals surface area (Å²) in [6, 6.07) is 19.0. The summed E-state index contributed by atoms with van der Waals surface area (Å²) < 4.78 is 10.6. The summed E-state index contributed by atoms with van der Waals surface area (Å²) in [5.74, 6) is 0.144. The van der Waals surface area contributed by atoms with Crippen LogP contribution in [0.25, 0.3) is 10.9 Å². The lowest BCUT2D eigenvalue weighted by Crippen LogP contribution is -2.06. The van der Waals surface area contributed by atoms with Gasteiger partial charge >= 0.3 is 5.97 Å². The Hall–Kier alpha value is -2.88. The summed E-state index contributed by atoms with van der Waals surface area (Å²) in [6.07, 6.45) is 0. The zero-order valence-corrected chi connectivity index (χ0v) is 12.2. The van der Waals surface area contributed by atoms with E-state index < -0.39 is 5.97 Å². The highest BCUT2D eigenvalue weighted by Gasteiger charge is 2.13. The molecule has 0 saturated heterocycles. The average Bonchev–Trinajstić information content (AvgIpc) is 2.59. The molecule has 2 aromatic carbocycles. The standard InChI is InChI=1S/C18H15NO3/c1-21-18(20)16-11-17(14-9-5-6-10-15(14)19-16)22-12-13-7-3-2-4-8-13/h2-11H,12H2,1H3. The van der Waals surface area contributed by atoms with Crippen LogP contribution in [0.3, 0.4) is 0 Å². The molecule has 0 unspecified atom stereocenters. The van der Waals surface area contributed by atoms with Gasteiger partial charge in [0.2, 0.25) is 0 Å². The van der Waals surface area contributed by atoms with Gasteiger partial charge in [-0.3, -0.25) is 0 Å². The highest BCUT2D eigenvalue weighted by molar-refractivity contribution is 5.93. The summed E-state index contributed by atoms with van der Waals surface area (Å²) >= 11 is 0. The minimum Gasteiger partial charge on any atom is -0.488 e. The van der Waals surface area contributed by atoms with Gasteiger partial charge in [0.15, 0.2) is 5.69 Å². The van der Waals surface area contributed by atoms with Gasteiger partial charge in [-0.25, -0.2) is 9.78 Å². The molecule has 3 aromatic rings. The Morgan fingerprint density at radius 1 is 1.05 bits per heavy atom. The van der Waals surface area contributed by atoms with Gasteiger partial charge in [0.1, 0.15) is 12.4 Å². The van der Waals surface area contributed by atoms with Crippen LogP contribution in [0.4, 0.5) is 0 Å². The lowest BCUT2D eigenvalue weighted by atomic mass is 10.1. The van der Waals surface area contributed by atoms with E-state index in [1.54, 1.807) is 6.07 Å². The number of esters is 1. The summed E-state index contributed by atoms with van der Waals surface area (Å²) in [7, 11) is 1.34. The van der Waals surface area contributed by atoms with Gasteiger partial charge < -0.3 is 9.47 Å². The molecule has 0 radical (unpaired) electrons. The zero-order valence-electron chi connectivity index (χ0n) is 12.2. The van der Waals surface area contributed by atoms with Crippen molar-refractivity contribution < 1.29 is 14.3 Å². The molecule has 0 saturated carbocycles. The molecule has 0 N–H and O–H groups in total. The largest absolute Gasteiger partial charge is 0.488 e. The smallest absolute Gasteiger partial charge is 0.356 e. The second-order valence-electron chi connectivity index (χ2n) is 4.79. The van der Waals surface area contributed by atoms with Gasteiger partial charge in [-0.05, 0) is 17.7 Å². The first-order valence-corrected chi connectivity index (χ1v) is 6.93. The molecule has 0 fully saturated rings. The fourth-order valence-corrected chi connectivity index (χ4v) is 2.21. The van der Waals surface area contributed by atoms with Crippen LogP contribution < -0.4 is 4.74 Å². The first kappa shape index (κ1) is 14.1. The van der Waals surface area contributed by atoms with E-state index in [0.29, 0.717) is 17.9 Å². The van der Waals surface area contributed by atoms with Crippen molar-refractivity contribution in [1.29, 1.82) is 0 Å². The molecule has 1 heterocycles. The van der Waals surface area contributed by atoms with Gasteiger partial charge in [-0.15, -0.1) is 0 Å². The third-order valence-corrected chi connectivity index (χ3v) is 3.31. The van der Waals surface area contributed by atoms with Crippen LogP contribution in [0, 0.1) is 0 Å². The van der Waals surface area contributed by atoms with Crippen LogP contribution in [0.1, 0.15) is 16.1 Å². The van der Waals surface area contributed by atoms with Crippen LogP contribution in [0.2, 0.25) is 0 Å². The fraction of sp³-hybridized carbons (Fsp3) is 0.111. The molecule has 0 aliphatic heterocycles. The predicted octanol–water partition coefficient (Wildman–Crippen LogP) is 3.60. The number of hydrogen-bond acceptors (Lipinski definition) is 4. The topological polar surface area (TPSA) is 48.4 Å². The molecule has 0 amide bonds. The highest BCUT2D eigenvalue weighted by Crippen LogP contribution is 2.26. The third-order valence-electron chi connectivity index (χ3n) is 3.31. The highest BCUT2D eigenvalue weighted by atomic mass is 16.5. The minimum atomic E-state index is -0.477. The predicted molar refractivity (Wildman–Crippen MR) is 83.9 cm³/mol. The van der Waals surface area contributed by atoms with Crippen LogP contribution in [-0.4, -0.2) is 18.1 Å². The normalized spacial score (nSPS) is 10.4. The van der Waals surface area contributed by atoms with Crippen molar-refractivity contribution in [3.8, 4) is 5.75 Å². The summed E-state index contributed by atoms with van der Waals surface area (Å²) in [4.78, 5) is 16.1. The van der Waals surface area contributed by atoms with Crippen molar-refractivity contribution in [2.24, 2.45) is 0 Å². The van der Waals surface area contributed by atoms with E-state index in [4.69, 9.17) is 9.47 Å². The number of rotatable bonds is 4. The first-order chi connectivity index (χ1) is 10.8. The summed E-state index contributed by atoms with van der Waals surface area (Å²) in [5.41, 5.74) is 2.00. The molecular formula is C18H15NO3.